The first-order chi connectivity index (χ1) is 17.6. The Bertz CT molecular complexity index is 1550. The zero-order chi connectivity index (χ0) is 26.7. The zero-order valence-electron chi connectivity index (χ0n) is 19.8. The summed E-state index contributed by atoms with van der Waals surface area (Å²) in [7, 11) is -1.26. The first-order valence-electron chi connectivity index (χ1n) is 10.7. The lowest BCUT2D eigenvalue weighted by Gasteiger charge is -2.24. The third-order valence-electron chi connectivity index (χ3n) is 5.35. The topological polar surface area (TPSA) is 127 Å². The van der Waals surface area contributed by atoms with Crippen LogP contribution in [0.5, 0.6) is 5.75 Å². The Morgan fingerprint density at radius 3 is 2.54 bits per heavy atom. The van der Waals surface area contributed by atoms with Crippen molar-refractivity contribution in [2.24, 2.45) is 0 Å². The number of ether oxygens (including phenoxy) is 1. The van der Waals surface area contributed by atoms with Crippen molar-refractivity contribution in [1.29, 1.82) is 0 Å². The third-order valence-corrected chi connectivity index (χ3v) is 7.09. The third kappa shape index (κ3) is 5.34. The summed E-state index contributed by atoms with van der Waals surface area (Å²) in [5.41, 5.74) is 1.63. The number of anilines is 3. The van der Waals surface area contributed by atoms with Gasteiger partial charge in [-0.25, -0.2) is 27.5 Å². The highest BCUT2D eigenvalue weighted by molar-refractivity contribution is 7.92. The van der Waals surface area contributed by atoms with Crippen LogP contribution in [-0.2, 0) is 10.0 Å². The number of methoxy groups -OCH3 is 1. The molecule has 0 radical (unpaired) electrons. The molecule has 0 bridgehead atoms. The van der Waals surface area contributed by atoms with E-state index in [1.807, 2.05) is 6.92 Å². The summed E-state index contributed by atoms with van der Waals surface area (Å²) in [6.45, 7) is 1.83. The molecule has 37 heavy (non-hydrogen) atoms. The highest BCUT2D eigenvalue weighted by Gasteiger charge is 2.25. The number of hydrogen-bond donors (Lipinski definition) is 2. The van der Waals surface area contributed by atoms with E-state index in [2.05, 4.69) is 24.7 Å². The maximum atomic E-state index is 15.4. The minimum absolute atomic E-state index is 0.00812. The molecule has 10 nitrogen and oxygen atoms in total. The summed E-state index contributed by atoms with van der Waals surface area (Å²) in [6.07, 6.45) is 2.27. The molecule has 4 rings (SSSR count). The van der Waals surface area contributed by atoms with Gasteiger partial charge in [0.05, 0.1) is 12.8 Å². The number of rotatable bonds is 7. The summed E-state index contributed by atoms with van der Waals surface area (Å²) in [5.74, 6) is -0.460. The van der Waals surface area contributed by atoms with Crippen molar-refractivity contribution in [3.05, 3.63) is 77.4 Å². The lowest BCUT2D eigenvalue weighted by molar-refractivity contribution is 0.250. The van der Waals surface area contributed by atoms with Crippen LogP contribution in [0.2, 0.25) is 5.02 Å². The van der Waals surface area contributed by atoms with Crippen molar-refractivity contribution >= 4 is 45.0 Å². The Balaban J connectivity index is 1.75. The molecule has 0 aliphatic rings. The number of amides is 2. The van der Waals surface area contributed by atoms with Crippen LogP contribution < -0.4 is 19.7 Å². The summed E-state index contributed by atoms with van der Waals surface area (Å²) >= 11 is 6.22. The van der Waals surface area contributed by atoms with E-state index in [1.165, 1.54) is 44.7 Å². The summed E-state index contributed by atoms with van der Waals surface area (Å²) < 4.78 is 52.9. The molecule has 0 saturated carbocycles. The minimum atomic E-state index is -4.03. The highest BCUT2D eigenvalue weighted by atomic mass is 35.5. The van der Waals surface area contributed by atoms with E-state index in [1.54, 1.807) is 18.2 Å². The molecule has 13 heteroatoms. The van der Waals surface area contributed by atoms with Crippen molar-refractivity contribution in [1.82, 2.24) is 15.5 Å². The summed E-state index contributed by atoms with van der Waals surface area (Å²) in [6, 6.07) is 10.9. The molecule has 192 valence electrons. The second-order valence-electron chi connectivity index (χ2n) is 7.70. The van der Waals surface area contributed by atoms with Crippen LogP contribution in [0.15, 0.2) is 70.4 Å². The fourth-order valence-corrected chi connectivity index (χ4v) is 4.55. The van der Waals surface area contributed by atoms with Crippen molar-refractivity contribution in [3.63, 3.8) is 0 Å². The van der Waals surface area contributed by atoms with E-state index in [-0.39, 0.29) is 33.5 Å². The van der Waals surface area contributed by atoms with Gasteiger partial charge < -0.3 is 14.6 Å². The Morgan fingerprint density at radius 1 is 1.16 bits per heavy atom. The van der Waals surface area contributed by atoms with Crippen molar-refractivity contribution in [3.8, 4) is 16.9 Å². The van der Waals surface area contributed by atoms with Gasteiger partial charge >= 0.3 is 6.03 Å². The molecule has 0 saturated heterocycles. The fourth-order valence-electron chi connectivity index (χ4n) is 3.44. The molecule has 0 atom stereocenters. The Morgan fingerprint density at radius 2 is 1.95 bits per heavy atom. The number of urea groups is 1. The van der Waals surface area contributed by atoms with Crippen LogP contribution in [0, 0.1) is 12.7 Å². The summed E-state index contributed by atoms with van der Waals surface area (Å²) in [5, 5.41) is 6.45. The number of hydrogen-bond acceptors (Lipinski definition) is 7. The van der Waals surface area contributed by atoms with Crippen molar-refractivity contribution in [2.75, 3.05) is 23.8 Å². The largest absolute Gasteiger partial charge is 0.495 e. The van der Waals surface area contributed by atoms with Gasteiger partial charge in [0.1, 0.15) is 28.5 Å². The number of pyridine rings is 1. The first-order valence-corrected chi connectivity index (χ1v) is 12.6. The number of carbonyl (C=O) groups is 1. The van der Waals surface area contributed by atoms with E-state index >= 15 is 4.39 Å². The van der Waals surface area contributed by atoms with E-state index in [0.717, 1.165) is 22.7 Å². The van der Waals surface area contributed by atoms with Crippen molar-refractivity contribution in [2.45, 2.75) is 11.8 Å². The van der Waals surface area contributed by atoms with Crippen LogP contribution in [-0.4, -0.2) is 38.7 Å². The van der Waals surface area contributed by atoms with Crippen LogP contribution in [0.4, 0.5) is 26.5 Å². The van der Waals surface area contributed by atoms with Crippen molar-refractivity contribution < 1.29 is 26.9 Å². The minimum Gasteiger partial charge on any atom is -0.495 e. The fraction of sp³-hybridized carbons (Fsp3) is 0.125. The van der Waals surface area contributed by atoms with Crippen LogP contribution in [0.3, 0.4) is 0 Å². The number of halogens is 2. The van der Waals surface area contributed by atoms with Crippen LogP contribution in [0.1, 0.15) is 5.56 Å². The monoisotopic (exact) mass is 545 g/mol. The second-order valence-corrected chi connectivity index (χ2v) is 9.79. The van der Waals surface area contributed by atoms with Gasteiger partial charge in [-0.1, -0.05) is 28.9 Å². The number of benzene rings is 2. The molecular formula is C24H21ClFN5O5S. The molecule has 2 aromatic carbocycles. The smallest absolute Gasteiger partial charge is 0.327 e. The van der Waals surface area contributed by atoms with Gasteiger partial charge in [-0.3, -0.25) is 4.72 Å². The predicted molar refractivity (Wildman–Crippen MR) is 136 cm³/mol. The molecule has 2 N–H and O–H groups in total. The standard InChI is InChI=1S/C24H21ClFN5O5S/c1-14-4-5-15(10-18(14)25)17-11-21(35-3)20(12-19(17)26)31(24(32)27-2)23-7-6-16(13-28-23)37(33,34)30-22-8-9-36-29-22/h4-13H,1-3H3,(H,27,32)(H,29,30). The number of nitrogens with one attached hydrogen (secondary N) is 2. The molecule has 2 amide bonds. The average Bonchev–Trinajstić information content (AvgIpc) is 3.38. The van der Waals surface area contributed by atoms with Gasteiger partial charge in [0.25, 0.3) is 10.0 Å². The molecule has 4 aromatic rings. The second kappa shape index (κ2) is 10.4. The number of nitrogens with zero attached hydrogens (tertiary/aromatic N) is 3. The Labute approximate surface area is 217 Å². The maximum Gasteiger partial charge on any atom is 0.327 e. The van der Waals surface area contributed by atoms with Gasteiger partial charge in [-0.2, -0.15) is 0 Å². The highest BCUT2D eigenvalue weighted by Crippen LogP contribution is 2.39. The molecule has 0 fully saturated rings. The van der Waals surface area contributed by atoms with Crippen LogP contribution in [0.25, 0.3) is 11.1 Å². The van der Waals surface area contributed by atoms with E-state index in [0.29, 0.717) is 10.6 Å². The average molecular weight is 546 g/mol. The van der Waals surface area contributed by atoms with Gasteiger partial charge in [-0.05, 0) is 42.3 Å². The Kier molecular flexibility index (Phi) is 7.32. The quantitative estimate of drug-likeness (QED) is 0.330. The van der Waals surface area contributed by atoms with E-state index < -0.39 is 21.9 Å². The molecule has 0 spiro atoms. The Hall–Kier alpha value is -4.16. The molecule has 0 unspecified atom stereocenters. The lowest BCUT2D eigenvalue weighted by atomic mass is 10.0. The van der Waals surface area contributed by atoms with Crippen LogP contribution >= 0.6 is 11.6 Å². The van der Waals surface area contributed by atoms with Gasteiger partial charge in [0.2, 0.25) is 0 Å². The summed E-state index contributed by atoms with van der Waals surface area (Å²) in [4.78, 5) is 17.9. The zero-order valence-corrected chi connectivity index (χ0v) is 21.4. The molecular weight excluding hydrogens is 525 g/mol. The molecule has 0 aliphatic heterocycles. The number of aromatic nitrogens is 2. The SMILES string of the molecule is CNC(=O)N(c1ccc(S(=O)(=O)Nc2ccon2)cn1)c1cc(F)c(-c2ccc(C)c(Cl)c2)cc1OC. The molecule has 0 aliphatic carbocycles. The normalized spacial score (nSPS) is 11.2. The van der Waals surface area contributed by atoms with E-state index in [4.69, 9.17) is 16.3 Å². The number of sulfonamides is 1. The maximum absolute atomic E-state index is 15.4. The first kappa shape index (κ1) is 25.9. The van der Waals surface area contributed by atoms with Gasteiger partial charge in [-0.15, -0.1) is 0 Å². The van der Waals surface area contributed by atoms with E-state index in [9.17, 15) is 13.2 Å². The molecule has 2 heterocycles. The van der Waals surface area contributed by atoms with Gasteiger partial charge in [0, 0.05) is 36.0 Å². The predicted octanol–water partition coefficient (Wildman–Crippen LogP) is 5.12. The number of carbonyl (C=O) groups excluding carboxylic acids is 1. The van der Waals surface area contributed by atoms with Gasteiger partial charge in [0.15, 0.2) is 5.82 Å². The lowest BCUT2D eigenvalue weighted by Crippen LogP contribution is -2.35. The molecule has 2 aromatic heterocycles. The number of aryl methyl sites for hydroxylation is 1.